The van der Waals surface area contributed by atoms with Gasteiger partial charge in [-0.2, -0.15) is 0 Å². The molecule has 0 aromatic carbocycles. The molecule has 0 aliphatic carbocycles. The smallest absolute Gasteiger partial charge is 0.302 e. The quantitative estimate of drug-likeness (QED) is 0.714. The van der Waals surface area contributed by atoms with Crippen LogP contribution >= 0.6 is 0 Å². The predicted octanol–water partition coefficient (Wildman–Crippen LogP) is 2.22. The molecule has 100 valence electrons. The molecule has 0 radical (unpaired) electrons. The van der Waals surface area contributed by atoms with Crippen LogP contribution in [0, 0.1) is 5.92 Å². The van der Waals surface area contributed by atoms with Crippen molar-refractivity contribution in [3.8, 4) is 0 Å². The molecule has 0 bridgehead atoms. The third kappa shape index (κ3) is 7.77. The van der Waals surface area contributed by atoms with Gasteiger partial charge in [0.15, 0.2) is 0 Å². The van der Waals surface area contributed by atoms with Crippen LogP contribution in [0.1, 0.15) is 47.0 Å². The number of rotatable bonds is 3. The van der Waals surface area contributed by atoms with Crippen LogP contribution in [-0.4, -0.2) is 36.5 Å². The van der Waals surface area contributed by atoms with Gasteiger partial charge in [-0.25, -0.2) is 0 Å². The van der Waals surface area contributed by atoms with Gasteiger partial charge in [-0.15, -0.1) is 0 Å². The second-order valence-electron chi connectivity index (χ2n) is 4.43. The fraction of sp³-hybridized carbons (Fsp3) is 0.846. The molecule has 1 unspecified atom stereocenters. The number of amides is 1. The highest BCUT2D eigenvalue weighted by Crippen LogP contribution is 2.15. The number of nitrogens with zero attached hydrogens (tertiary/aromatic N) is 1. The van der Waals surface area contributed by atoms with Crippen molar-refractivity contribution in [1.29, 1.82) is 0 Å². The van der Waals surface area contributed by atoms with Crippen LogP contribution in [0.5, 0.6) is 0 Å². The molecule has 1 aliphatic heterocycles. The fourth-order valence-corrected chi connectivity index (χ4v) is 1.63. The molecule has 1 saturated heterocycles. The van der Waals surface area contributed by atoms with Crippen molar-refractivity contribution in [3.05, 3.63) is 0 Å². The summed E-state index contributed by atoms with van der Waals surface area (Å²) in [6.45, 7) is 10.0. The minimum absolute atomic E-state index is 0.193. The van der Waals surface area contributed by atoms with Gasteiger partial charge in [0.1, 0.15) is 0 Å². The highest BCUT2D eigenvalue weighted by Gasteiger charge is 2.21. The van der Waals surface area contributed by atoms with Crippen LogP contribution in [0.15, 0.2) is 0 Å². The molecule has 1 atom stereocenters. The molecule has 0 saturated carbocycles. The number of hydrogen-bond acceptors (Lipinski definition) is 3. The standard InChI is InChI=1S/C8H15NO.C5H10O2/c1-3-8(10)9-5-4-7(2)6-9;1-3-4-7-5(2)6/h7H,3-6H2,1-2H3;3-4H2,1-2H3. The van der Waals surface area contributed by atoms with Gasteiger partial charge in [0.2, 0.25) is 5.91 Å². The average molecular weight is 243 g/mol. The number of hydrogen-bond donors (Lipinski definition) is 0. The number of likely N-dealkylation sites (tertiary alicyclic amines) is 1. The molecular weight excluding hydrogens is 218 g/mol. The summed E-state index contributed by atoms with van der Waals surface area (Å²) in [5, 5.41) is 0. The van der Waals surface area contributed by atoms with Crippen LogP contribution in [0.2, 0.25) is 0 Å². The van der Waals surface area contributed by atoms with Gasteiger partial charge in [0.05, 0.1) is 6.61 Å². The van der Waals surface area contributed by atoms with Crippen LogP contribution in [-0.2, 0) is 14.3 Å². The average Bonchev–Trinajstić information content (AvgIpc) is 2.73. The Bertz CT molecular complexity index is 241. The van der Waals surface area contributed by atoms with Crippen molar-refractivity contribution in [2.45, 2.75) is 47.0 Å². The lowest BCUT2D eigenvalue weighted by Gasteiger charge is -2.13. The Labute approximate surface area is 104 Å². The normalized spacial score (nSPS) is 18.4. The summed E-state index contributed by atoms with van der Waals surface area (Å²) < 4.78 is 4.55. The van der Waals surface area contributed by atoms with Crippen molar-refractivity contribution in [2.24, 2.45) is 5.92 Å². The Morgan fingerprint density at radius 3 is 2.29 bits per heavy atom. The number of esters is 1. The molecule has 4 nitrogen and oxygen atoms in total. The first kappa shape index (κ1) is 15.9. The summed E-state index contributed by atoms with van der Waals surface area (Å²) in [4.78, 5) is 23.0. The van der Waals surface area contributed by atoms with E-state index in [9.17, 15) is 9.59 Å². The van der Waals surface area contributed by atoms with Crippen molar-refractivity contribution < 1.29 is 14.3 Å². The van der Waals surface area contributed by atoms with Crippen LogP contribution < -0.4 is 0 Å². The van der Waals surface area contributed by atoms with E-state index < -0.39 is 0 Å². The molecule has 1 amide bonds. The summed E-state index contributed by atoms with van der Waals surface area (Å²) >= 11 is 0. The third-order valence-electron chi connectivity index (χ3n) is 2.59. The molecular formula is C13H25NO3. The van der Waals surface area contributed by atoms with E-state index >= 15 is 0 Å². The second-order valence-corrected chi connectivity index (χ2v) is 4.43. The summed E-state index contributed by atoms with van der Waals surface area (Å²) in [6, 6.07) is 0. The topological polar surface area (TPSA) is 46.6 Å². The molecule has 1 aliphatic rings. The first-order valence-corrected chi connectivity index (χ1v) is 6.42. The van der Waals surface area contributed by atoms with Crippen molar-refractivity contribution in [3.63, 3.8) is 0 Å². The molecule has 17 heavy (non-hydrogen) atoms. The van der Waals surface area contributed by atoms with Gasteiger partial charge >= 0.3 is 5.97 Å². The van der Waals surface area contributed by atoms with Crippen LogP contribution in [0.3, 0.4) is 0 Å². The van der Waals surface area contributed by atoms with E-state index in [0.717, 1.165) is 25.4 Å². The van der Waals surface area contributed by atoms with Gasteiger partial charge in [-0.1, -0.05) is 20.8 Å². The zero-order chi connectivity index (χ0) is 13.3. The molecule has 0 aromatic heterocycles. The summed E-state index contributed by atoms with van der Waals surface area (Å²) in [7, 11) is 0. The first-order valence-electron chi connectivity index (χ1n) is 6.42. The van der Waals surface area contributed by atoms with Crippen molar-refractivity contribution in [1.82, 2.24) is 4.90 Å². The molecule has 0 N–H and O–H groups in total. The van der Waals surface area contributed by atoms with Crippen LogP contribution in [0.25, 0.3) is 0 Å². The Kier molecular flexibility index (Phi) is 8.46. The molecule has 1 heterocycles. The van der Waals surface area contributed by atoms with Crippen molar-refractivity contribution in [2.75, 3.05) is 19.7 Å². The van der Waals surface area contributed by atoms with E-state index in [2.05, 4.69) is 11.7 Å². The fourth-order valence-electron chi connectivity index (χ4n) is 1.63. The lowest BCUT2D eigenvalue weighted by molar-refractivity contribution is -0.141. The number of carbonyl (C=O) groups excluding carboxylic acids is 2. The zero-order valence-corrected chi connectivity index (χ0v) is 11.5. The van der Waals surface area contributed by atoms with Crippen molar-refractivity contribution >= 4 is 11.9 Å². The maximum Gasteiger partial charge on any atom is 0.302 e. The van der Waals surface area contributed by atoms with Gasteiger partial charge in [-0.05, 0) is 18.8 Å². The Morgan fingerprint density at radius 2 is 2.00 bits per heavy atom. The molecule has 0 spiro atoms. The molecule has 1 rings (SSSR count). The van der Waals surface area contributed by atoms with E-state index in [1.807, 2.05) is 18.7 Å². The Morgan fingerprint density at radius 1 is 1.35 bits per heavy atom. The lowest BCUT2D eigenvalue weighted by Crippen LogP contribution is -2.27. The van der Waals surface area contributed by atoms with Gasteiger partial charge in [-0.3, -0.25) is 9.59 Å². The number of carbonyl (C=O) groups is 2. The molecule has 0 aromatic rings. The van der Waals surface area contributed by atoms with E-state index in [4.69, 9.17) is 0 Å². The Hall–Kier alpha value is -1.06. The van der Waals surface area contributed by atoms with E-state index in [1.165, 1.54) is 13.3 Å². The summed E-state index contributed by atoms with van der Waals surface area (Å²) in [5.41, 5.74) is 0. The predicted molar refractivity (Wildman–Crippen MR) is 67.6 cm³/mol. The van der Waals surface area contributed by atoms with Gasteiger partial charge in [0, 0.05) is 26.4 Å². The van der Waals surface area contributed by atoms with Gasteiger partial charge in [0.25, 0.3) is 0 Å². The Balaban J connectivity index is 0.000000325. The van der Waals surface area contributed by atoms with E-state index in [0.29, 0.717) is 18.9 Å². The highest BCUT2D eigenvalue weighted by molar-refractivity contribution is 5.76. The van der Waals surface area contributed by atoms with Gasteiger partial charge < -0.3 is 9.64 Å². The largest absolute Gasteiger partial charge is 0.466 e. The molecule has 1 fully saturated rings. The summed E-state index contributed by atoms with van der Waals surface area (Å²) in [6.07, 6.45) is 2.75. The maximum absolute atomic E-state index is 11.1. The zero-order valence-electron chi connectivity index (χ0n) is 11.5. The maximum atomic E-state index is 11.1. The SMILES string of the molecule is CCC(=O)N1CCC(C)C1.CCCOC(C)=O. The van der Waals surface area contributed by atoms with E-state index in [1.54, 1.807) is 0 Å². The lowest BCUT2D eigenvalue weighted by atomic mass is 10.2. The summed E-state index contributed by atoms with van der Waals surface area (Å²) in [5.74, 6) is 0.835. The minimum Gasteiger partial charge on any atom is -0.466 e. The first-order chi connectivity index (χ1) is 8.01. The van der Waals surface area contributed by atoms with E-state index in [-0.39, 0.29) is 5.97 Å². The monoisotopic (exact) mass is 243 g/mol. The second kappa shape index (κ2) is 9.02. The number of ether oxygens (including phenoxy) is 1. The highest BCUT2D eigenvalue weighted by atomic mass is 16.5. The minimum atomic E-state index is -0.193. The van der Waals surface area contributed by atoms with Crippen LogP contribution in [0.4, 0.5) is 0 Å². The molecule has 4 heteroatoms. The third-order valence-corrected chi connectivity index (χ3v) is 2.59.